The summed E-state index contributed by atoms with van der Waals surface area (Å²) in [5, 5.41) is 10.5. The van der Waals surface area contributed by atoms with Gasteiger partial charge in [-0.2, -0.15) is 0 Å². The topological polar surface area (TPSA) is 51.6 Å². The molecule has 1 heterocycles. The van der Waals surface area contributed by atoms with Crippen molar-refractivity contribution in [3.8, 4) is 11.5 Å². The fraction of sp³-hybridized carbons (Fsp3) is 0.267. The highest BCUT2D eigenvalue weighted by molar-refractivity contribution is 5.45. The molecule has 1 atom stereocenters. The van der Waals surface area contributed by atoms with Gasteiger partial charge in [0, 0.05) is 23.0 Å². The average Bonchev–Trinajstić information content (AvgIpc) is 2.46. The van der Waals surface area contributed by atoms with Crippen molar-refractivity contribution in [1.29, 1.82) is 0 Å². The molecule has 2 aromatic rings. The van der Waals surface area contributed by atoms with E-state index in [1.807, 2.05) is 13.0 Å². The number of benzene rings is 1. The maximum atomic E-state index is 10.5. The van der Waals surface area contributed by atoms with Gasteiger partial charge >= 0.3 is 0 Å². The van der Waals surface area contributed by atoms with E-state index in [0.717, 1.165) is 11.3 Å². The highest BCUT2D eigenvalue weighted by atomic mass is 16.5. The molecule has 100 valence electrons. The minimum Gasteiger partial charge on any atom is -0.497 e. The highest BCUT2D eigenvalue weighted by Crippen LogP contribution is 2.33. The van der Waals surface area contributed by atoms with Crippen molar-refractivity contribution < 1.29 is 14.6 Å². The number of ether oxygens (including phenoxy) is 2. The van der Waals surface area contributed by atoms with Crippen LogP contribution in [0.4, 0.5) is 0 Å². The molecule has 0 aliphatic rings. The Hall–Kier alpha value is -2.07. The summed E-state index contributed by atoms with van der Waals surface area (Å²) < 4.78 is 10.5. The van der Waals surface area contributed by atoms with Gasteiger partial charge in [-0.05, 0) is 31.2 Å². The van der Waals surface area contributed by atoms with Crippen molar-refractivity contribution in [1.82, 2.24) is 4.98 Å². The molecule has 0 amide bonds. The molecule has 4 nitrogen and oxygen atoms in total. The molecule has 0 aliphatic carbocycles. The lowest BCUT2D eigenvalue weighted by Gasteiger charge is -2.17. The molecule has 0 bridgehead atoms. The maximum absolute atomic E-state index is 10.5. The number of methoxy groups -OCH3 is 2. The number of hydrogen-bond acceptors (Lipinski definition) is 4. The first-order chi connectivity index (χ1) is 9.17. The third kappa shape index (κ3) is 2.69. The summed E-state index contributed by atoms with van der Waals surface area (Å²) >= 11 is 0. The number of aliphatic hydroxyl groups excluding tert-OH is 1. The number of hydrogen-bond donors (Lipinski definition) is 1. The minimum absolute atomic E-state index is 0.622. The van der Waals surface area contributed by atoms with Crippen LogP contribution in [-0.2, 0) is 0 Å². The van der Waals surface area contributed by atoms with Gasteiger partial charge < -0.3 is 14.6 Å². The van der Waals surface area contributed by atoms with Crippen molar-refractivity contribution in [3.05, 3.63) is 53.3 Å². The van der Waals surface area contributed by atoms with E-state index >= 15 is 0 Å². The number of aromatic nitrogens is 1. The predicted molar refractivity (Wildman–Crippen MR) is 72.6 cm³/mol. The molecule has 0 fully saturated rings. The largest absolute Gasteiger partial charge is 0.497 e. The Kier molecular flexibility index (Phi) is 4.02. The molecule has 0 radical (unpaired) electrons. The van der Waals surface area contributed by atoms with Crippen LogP contribution in [0.2, 0.25) is 0 Å². The molecular formula is C15H17NO3. The smallest absolute Gasteiger partial charge is 0.125 e. The Labute approximate surface area is 112 Å². The van der Waals surface area contributed by atoms with Crippen molar-refractivity contribution in [2.75, 3.05) is 14.2 Å². The molecule has 0 spiro atoms. The third-order valence-electron chi connectivity index (χ3n) is 3.07. The average molecular weight is 259 g/mol. The zero-order chi connectivity index (χ0) is 13.8. The number of aryl methyl sites for hydroxylation is 1. The predicted octanol–water partition coefficient (Wildman–Crippen LogP) is 2.49. The van der Waals surface area contributed by atoms with Crippen molar-refractivity contribution >= 4 is 0 Å². The van der Waals surface area contributed by atoms with E-state index in [-0.39, 0.29) is 0 Å². The molecule has 0 aliphatic heterocycles. The van der Waals surface area contributed by atoms with Crippen molar-refractivity contribution in [3.63, 3.8) is 0 Å². The number of pyridine rings is 1. The van der Waals surface area contributed by atoms with Gasteiger partial charge in [0.1, 0.15) is 17.6 Å². The Morgan fingerprint density at radius 2 is 1.89 bits per heavy atom. The Balaban J connectivity index is 2.48. The van der Waals surface area contributed by atoms with E-state index in [4.69, 9.17) is 9.47 Å². The molecule has 19 heavy (non-hydrogen) atoms. The molecule has 1 unspecified atom stereocenters. The summed E-state index contributed by atoms with van der Waals surface area (Å²) in [5.41, 5.74) is 2.21. The van der Waals surface area contributed by atoms with Gasteiger partial charge in [-0.1, -0.05) is 6.07 Å². The number of aliphatic hydroxyl groups is 1. The summed E-state index contributed by atoms with van der Waals surface area (Å²) in [4.78, 5) is 4.19. The molecule has 2 rings (SSSR count). The molecule has 1 aromatic carbocycles. The Morgan fingerprint density at radius 3 is 2.53 bits per heavy atom. The van der Waals surface area contributed by atoms with Crippen LogP contribution in [0.1, 0.15) is 22.9 Å². The lowest BCUT2D eigenvalue weighted by Crippen LogP contribution is -2.05. The van der Waals surface area contributed by atoms with Crippen molar-refractivity contribution in [2.45, 2.75) is 13.0 Å². The van der Waals surface area contributed by atoms with Crippen LogP contribution in [0, 0.1) is 6.92 Å². The van der Waals surface area contributed by atoms with Gasteiger partial charge in [-0.15, -0.1) is 0 Å². The van der Waals surface area contributed by atoms with E-state index < -0.39 is 6.10 Å². The summed E-state index contributed by atoms with van der Waals surface area (Å²) in [5.74, 6) is 1.30. The minimum atomic E-state index is -0.793. The van der Waals surface area contributed by atoms with E-state index in [1.165, 1.54) is 0 Å². The van der Waals surface area contributed by atoms with Gasteiger partial charge in [0.15, 0.2) is 0 Å². The van der Waals surface area contributed by atoms with E-state index in [0.29, 0.717) is 17.1 Å². The first kappa shape index (κ1) is 13.4. The zero-order valence-corrected chi connectivity index (χ0v) is 11.3. The van der Waals surface area contributed by atoms with Gasteiger partial charge in [0.05, 0.1) is 14.2 Å². The van der Waals surface area contributed by atoms with Crippen LogP contribution in [0.25, 0.3) is 0 Å². The van der Waals surface area contributed by atoms with Crippen LogP contribution < -0.4 is 9.47 Å². The Morgan fingerprint density at radius 1 is 1.11 bits per heavy atom. The zero-order valence-electron chi connectivity index (χ0n) is 11.3. The van der Waals surface area contributed by atoms with Crippen LogP contribution in [0.5, 0.6) is 11.5 Å². The van der Waals surface area contributed by atoms with Crippen molar-refractivity contribution in [2.24, 2.45) is 0 Å². The second kappa shape index (κ2) is 5.71. The summed E-state index contributed by atoms with van der Waals surface area (Å²) in [7, 11) is 3.17. The molecule has 4 heteroatoms. The first-order valence-corrected chi connectivity index (χ1v) is 5.99. The van der Waals surface area contributed by atoms with Crippen LogP contribution in [0.3, 0.4) is 0 Å². The third-order valence-corrected chi connectivity index (χ3v) is 3.07. The van der Waals surface area contributed by atoms with Gasteiger partial charge in [-0.3, -0.25) is 4.98 Å². The van der Waals surface area contributed by atoms with E-state index in [2.05, 4.69) is 4.98 Å². The summed E-state index contributed by atoms with van der Waals surface area (Å²) in [6.45, 7) is 1.87. The first-order valence-electron chi connectivity index (χ1n) is 5.99. The molecule has 1 N–H and O–H groups in total. The SMILES string of the molecule is COc1ccc(OC)c(C(O)c2cccnc2C)c1. The lowest BCUT2D eigenvalue weighted by atomic mass is 9.99. The van der Waals surface area contributed by atoms with E-state index in [1.54, 1.807) is 44.7 Å². The van der Waals surface area contributed by atoms with Gasteiger partial charge in [0.25, 0.3) is 0 Å². The molecule has 0 saturated carbocycles. The summed E-state index contributed by atoms with van der Waals surface area (Å²) in [6.07, 6.45) is 0.910. The Bertz CT molecular complexity index is 569. The lowest BCUT2D eigenvalue weighted by molar-refractivity contribution is 0.213. The quantitative estimate of drug-likeness (QED) is 0.916. The van der Waals surface area contributed by atoms with Crippen LogP contribution in [0.15, 0.2) is 36.5 Å². The fourth-order valence-electron chi connectivity index (χ4n) is 2.01. The van der Waals surface area contributed by atoms with Crippen LogP contribution >= 0.6 is 0 Å². The maximum Gasteiger partial charge on any atom is 0.125 e. The number of nitrogens with zero attached hydrogens (tertiary/aromatic N) is 1. The fourth-order valence-corrected chi connectivity index (χ4v) is 2.01. The molecular weight excluding hydrogens is 242 g/mol. The van der Waals surface area contributed by atoms with Gasteiger partial charge in [-0.25, -0.2) is 0 Å². The molecule has 1 aromatic heterocycles. The second-order valence-electron chi connectivity index (χ2n) is 4.19. The van der Waals surface area contributed by atoms with Crippen LogP contribution in [-0.4, -0.2) is 24.3 Å². The normalized spacial score (nSPS) is 12.0. The van der Waals surface area contributed by atoms with Gasteiger partial charge in [0.2, 0.25) is 0 Å². The molecule has 0 saturated heterocycles. The number of rotatable bonds is 4. The van der Waals surface area contributed by atoms with E-state index in [9.17, 15) is 5.11 Å². The second-order valence-corrected chi connectivity index (χ2v) is 4.19. The summed E-state index contributed by atoms with van der Waals surface area (Å²) in [6, 6.07) is 9.01. The highest BCUT2D eigenvalue weighted by Gasteiger charge is 2.18. The standard InChI is InChI=1S/C15H17NO3/c1-10-12(5-4-8-16-10)15(17)13-9-11(18-2)6-7-14(13)19-3/h4-9,15,17H,1-3H3. The monoisotopic (exact) mass is 259 g/mol.